The van der Waals surface area contributed by atoms with Crippen molar-refractivity contribution in [2.45, 2.75) is 37.5 Å². The van der Waals surface area contributed by atoms with E-state index in [4.69, 9.17) is 9.97 Å². The van der Waals surface area contributed by atoms with Crippen LogP contribution in [0.4, 0.5) is 0 Å². The summed E-state index contributed by atoms with van der Waals surface area (Å²) >= 11 is 3.64. The van der Waals surface area contributed by atoms with Gasteiger partial charge >= 0.3 is 5.97 Å². The topological polar surface area (TPSA) is 63.1 Å². The SMILES string of the molecule is CC1(C)[C@@]2(CBr)CC[C@]1(C(=O)O)c1nc3ccccc3nc12. The monoisotopic (exact) mass is 360 g/mol. The van der Waals surface area contributed by atoms with Gasteiger partial charge in [-0.2, -0.15) is 0 Å². The third kappa shape index (κ3) is 1.25. The van der Waals surface area contributed by atoms with Crippen LogP contribution in [0.1, 0.15) is 38.1 Å². The first-order valence-electron chi connectivity index (χ1n) is 7.48. The standard InChI is InChI=1S/C17H17BrN2O2/c1-15(2)16(9-18)7-8-17(15,14(21)22)13-12(16)19-10-5-3-4-6-11(10)20-13/h3-6H,7-9H2,1-2H3,(H,21,22)/t16-,17-/m1/s1. The maximum atomic E-state index is 12.3. The van der Waals surface area contributed by atoms with Gasteiger partial charge in [-0.15, -0.1) is 0 Å². The maximum Gasteiger partial charge on any atom is 0.316 e. The molecule has 114 valence electrons. The second kappa shape index (κ2) is 4.07. The summed E-state index contributed by atoms with van der Waals surface area (Å²) in [5, 5.41) is 10.8. The van der Waals surface area contributed by atoms with Crippen LogP contribution in [-0.4, -0.2) is 26.4 Å². The Labute approximate surface area is 137 Å². The van der Waals surface area contributed by atoms with E-state index < -0.39 is 16.8 Å². The van der Waals surface area contributed by atoms with E-state index in [9.17, 15) is 9.90 Å². The first-order valence-corrected chi connectivity index (χ1v) is 8.60. The first-order chi connectivity index (χ1) is 10.4. The highest BCUT2D eigenvalue weighted by molar-refractivity contribution is 9.09. The van der Waals surface area contributed by atoms with Crippen LogP contribution >= 0.6 is 15.9 Å². The minimum atomic E-state index is -0.937. The Morgan fingerprint density at radius 1 is 1.18 bits per heavy atom. The maximum absolute atomic E-state index is 12.3. The minimum Gasteiger partial charge on any atom is -0.481 e. The molecule has 0 radical (unpaired) electrons. The Morgan fingerprint density at radius 3 is 2.32 bits per heavy atom. The Balaban J connectivity index is 2.15. The Hall–Kier alpha value is -1.49. The zero-order valence-corrected chi connectivity index (χ0v) is 14.1. The highest BCUT2D eigenvalue weighted by Gasteiger charge is 2.74. The number of carboxylic acid groups (broad SMARTS) is 1. The molecule has 22 heavy (non-hydrogen) atoms. The molecule has 0 aliphatic heterocycles. The first kappa shape index (κ1) is 14.1. The molecule has 0 spiro atoms. The van der Waals surface area contributed by atoms with Crippen LogP contribution in [-0.2, 0) is 15.6 Å². The van der Waals surface area contributed by atoms with Crippen LogP contribution in [0.5, 0.6) is 0 Å². The van der Waals surface area contributed by atoms with Gasteiger partial charge in [0.15, 0.2) is 0 Å². The minimum absolute atomic E-state index is 0.266. The zero-order valence-electron chi connectivity index (χ0n) is 12.6. The molecule has 2 bridgehead atoms. The van der Waals surface area contributed by atoms with Crippen molar-refractivity contribution in [3.63, 3.8) is 0 Å². The number of nitrogens with zero attached hydrogens (tertiary/aromatic N) is 2. The Bertz CT molecular complexity index is 819. The summed E-state index contributed by atoms with van der Waals surface area (Å²) < 4.78 is 0. The average molecular weight is 361 g/mol. The number of benzene rings is 1. The van der Waals surface area contributed by atoms with Gasteiger partial charge in [0, 0.05) is 10.7 Å². The van der Waals surface area contributed by atoms with Gasteiger partial charge < -0.3 is 5.11 Å². The summed E-state index contributed by atoms with van der Waals surface area (Å²) in [6.07, 6.45) is 1.46. The number of aliphatic carboxylic acids is 1. The van der Waals surface area contributed by atoms with E-state index in [1.165, 1.54) is 0 Å². The summed E-state index contributed by atoms with van der Waals surface area (Å²) in [4.78, 5) is 21.9. The summed E-state index contributed by atoms with van der Waals surface area (Å²) in [6, 6.07) is 7.69. The van der Waals surface area contributed by atoms with Crippen molar-refractivity contribution >= 4 is 32.9 Å². The summed E-state index contributed by atoms with van der Waals surface area (Å²) in [7, 11) is 0. The van der Waals surface area contributed by atoms with Crippen molar-refractivity contribution in [3.05, 3.63) is 35.7 Å². The molecule has 1 saturated carbocycles. The average Bonchev–Trinajstić information content (AvgIpc) is 2.83. The molecule has 0 amide bonds. The lowest BCUT2D eigenvalue weighted by atomic mass is 9.64. The normalized spacial score (nSPS) is 31.4. The van der Waals surface area contributed by atoms with Crippen molar-refractivity contribution < 1.29 is 9.90 Å². The van der Waals surface area contributed by atoms with Crippen molar-refractivity contribution in [2.24, 2.45) is 5.41 Å². The number of aromatic nitrogens is 2. The van der Waals surface area contributed by atoms with Gasteiger partial charge in [0.05, 0.1) is 22.4 Å². The van der Waals surface area contributed by atoms with E-state index in [2.05, 4.69) is 29.8 Å². The predicted molar refractivity (Wildman–Crippen MR) is 87.3 cm³/mol. The lowest BCUT2D eigenvalue weighted by Gasteiger charge is -2.39. The van der Waals surface area contributed by atoms with Gasteiger partial charge in [0.2, 0.25) is 0 Å². The molecule has 1 N–H and O–H groups in total. The van der Waals surface area contributed by atoms with E-state index in [1.807, 2.05) is 24.3 Å². The number of carboxylic acids is 1. The fourth-order valence-electron chi connectivity index (χ4n) is 4.67. The zero-order chi connectivity index (χ0) is 15.8. The van der Waals surface area contributed by atoms with Crippen molar-refractivity contribution in [1.29, 1.82) is 0 Å². The van der Waals surface area contributed by atoms with Crippen LogP contribution in [0.3, 0.4) is 0 Å². The van der Waals surface area contributed by atoms with Crippen LogP contribution in [0.15, 0.2) is 24.3 Å². The van der Waals surface area contributed by atoms with Crippen molar-refractivity contribution in [3.8, 4) is 0 Å². The van der Waals surface area contributed by atoms with Gasteiger partial charge in [0.1, 0.15) is 5.41 Å². The van der Waals surface area contributed by atoms with Crippen LogP contribution < -0.4 is 0 Å². The molecule has 1 aromatic carbocycles. The van der Waals surface area contributed by atoms with Gasteiger partial charge in [-0.1, -0.05) is 41.9 Å². The van der Waals surface area contributed by atoms with E-state index in [-0.39, 0.29) is 5.41 Å². The molecule has 2 atom stereocenters. The molecule has 2 aromatic rings. The summed E-state index contributed by atoms with van der Waals surface area (Å²) in [5.74, 6) is -0.774. The number of carbonyl (C=O) groups is 1. The molecule has 2 aliphatic rings. The van der Waals surface area contributed by atoms with E-state index in [0.29, 0.717) is 17.4 Å². The summed E-state index contributed by atoms with van der Waals surface area (Å²) in [5.41, 5.74) is 1.54. The molecular weight excluding hydrogens is 344 g/mol. The summed E-state index contributed by atoms with van der Waals surface area (Å²) in [6.45, 7) is 4.12. The second-order valence-corrected chi connectivity index (χ2v) is 7.52. The van der Waals surface area contributed by atoms with Crippen molar-refractivity contribution in [1.82, 2.24) is 9.97 Å². The quantitative estimate of drug-likeness (QED) is 0.833. The Morgan fingerprint density at radius 2 is 1.77 bits per heavy atom. The number of halogens is 1. The molecule has 0 unspecified atom stereocenters. The predicted octanol–water partition coefficient (Wildman–Crippen LogP) is 3.42. The number of para-hydroxylation sites is 2. The fourth-order valence-corrected chi connectivity index (χ4v) is 5.91. The highest BCUT2D eigenvalue weighted by Crippen LogP contribution is 2.70. The Kier molecular flexibility index (Phi) is 2.62. The second-order valence-electron chi connectivity index (χ2n) is 6.96. The number of rotatable bonds is 2. The fraction of sp³-hybridized carbons (Fsp3) is 0.471. The van der Waals surface area contributed by atoms with Gasteiger partial charge in [-0.05, 0) is 30.4 Å². The number of hydrogen-bond donors (Lipinski definition) is 1. The highest BCUT2D eigenvalue weighted by atomic mass is 79.9. The molecule has 2 aliphatic carbocycles. The van der Waals surface area contributed by atoms with E-state index >= 15 is 0 Å². The smallest absolute Gasteiger partial charge is 0.316 e. The lowest BCUT2D eigenvalue weighted by Crippen LogP contribution is -2.47. The molecule has 0 saturated heterocycles. The van der Waals surface area contributed by atoms with Crippen LogP contribution in [0.25, 0.3) is 11.0 Å². The number of alkyl halides is 1. The van der Waals surface area contributed by atoms with Crippen molar-refractivity contribution in [2.75, 3.05) is 5.33 Å². The largest absolute Gasteiger partial charge is 0.481 e. The van der Waals surface area contributed by atoms with Gasteiger partial charge in [-0.3, -0.25) is 4.79 Å². The lowest BCUT2D eigenvalue weighted by molar-refractivity contribution is -0.148. The number of hydrogen-bond acceptors (Lipinski definition) is 3. The molecule has 4 rings (SSSR count). The van der Waals surface area contributed by atoms with Crippen LogP contribution in [0.2, 0.25) is 0 Å². The van der Waals surface area contributed by atoms with Crippen LogP contribution in [0, 0.1) is 5.41 Å². The third-order valence-corrected chi connectivity index (χ3v) is 7.17. The molecular formula is C17H17BrN2O2. The van der Waals surface area contributed by atoms with Gasteiger partial charge in [-0.25, -0.2) is 9.97 Å². The van der Waals surface area contributed by atoms with Gasteiger partial charge in [0.25, 0.3) is 0 Å². The molecule has 5 heteroatoms. The third-order valence-electron chi connectivity index (χ3n) is 6.21. The van der Waals surface area contributed by atoms with E-state index in [1.54, 1.807) is 0 Å². The molecule has 1 heterocycles. The van der Waals surface area contributed by atoms with E-state index in [0.717, 1.165) is 23.1 Å². The molecule has 1 aromatic heterocycles. The number of fused-ring (bicyclic) bond motifs is 6. The molecule has 4 nitrogen and oxygen atoms in total. The molecule has 1 fully saturated rings.